The highest BCUT2D eigenvalue weighted by Crippen LogP contribution is 2.17. The number of rotatable bonds is 7. The Bertz CT molecular complexity index is 898. The molecule has 0 bridgehead atoms. The molecule has 0 aliphatic rings. The molecule has 25 heavy (non-hydrogen) atoms. The molecular weight excluding hydrogens is 324 g/mol. The summed E-state index contributed by atoms with van der Waals surface area (Å²) in [6.45, 7) is 1.18. The van der Waals surface area contributed by atoms with E-state index in [1.54, 1.807) is 10.9 Å². The molecule has 3 N–H and O–H groups in total. The first-order valence-electron chi connectivity index (χ1n) is 7.78. The molecule has 0 aliphatic heterocycles. The lowest BCUT2D eigenvalue weighted by atomic mass is 10.3. The average molecular weight is 342 g/mol. The summed E-state index contributed by atoms with van der Waals surface area (Å²) in [5, 5.41) is 25.6. The van der Waals surface area contributed by atoms with Gasteiger partial charge < -0.3 is 9.67 Å². The molecule has 2 heterocycles. The fourth-order valence-corrected chi connectivity index (χ4v) is 2.53. The molecule has 0 atom stereocenters. The van der Waals surface area contributed by atoms with Crippen molar-refractivity contribution in [1.82, 2.24) is 30.0 Å². The summed E-state index contributed by atoms with van der Waals surface area (Å²) in [6.07, 6.45) is 4.92. The molecule has 1 aromatic carbocycles. The zero-order chi connectivity index (χ0) is 17.6. The van der Waals surface area contributed by atoms with E-state index >= 15 is 0 Å². The minimum Gasteiger partial charge on any atom is -0.396 e. The zero-order valence-electron chi connectivity index (χ0n) is 13.4. The number of aliphatic hydroxyl groups excluding tert-OH is 1. The summed E-state index contributed by atoms with van der Waals surface area (Å²) in [4.78, 5) is 15.6. The fraction of sp³-hybridized carbons (Fsp3) is 0.250. The molecule has 0 saturated carbocycles. The van der Waals surface area contributed by atoms with Gasteiger partial charge in [-0.1, -0.05) is 17.3 Å². The van der Waals surface area contributed by atoms with Crippen molar-refractivity contribution in [2.45, 2.75) is 19.5 Å². The minimum absolute atomic E-state index is 0.108. The monoisotopic (exact) mass is 342 g/mol. The van der Waals surface area contributed by atoms with Gasteiger partial charge in [-0.05, 0) is 24.6 Å². The molecule has 1 amide bonds. The maximum atomic E-state index is 11.0. The summed E-state index contributed by atoms with van der Waals surface area (Å²) in [5.41, 5.74) is 3.89. The quantitative estimate of drug-likeness (QED) is 0.328. The normalized spacial score (nSPS) is 11.4. The van der Waals surface area contributed by atoms with E-state index in [0.717, 1.165) is 22.9 Å². The minimum atomic E-state index is -0.639. The van der Waals surface area contributed by atoms with Crippen molar-refractivity contribution >= 4 is 23.0 Å². The van der Waals surface area contributed by atoms with Crippen LogP contribution in [0.2, 0.25) is 0 Å². The third-order valence-corrected chi connectivity index (χ3v) is 3.65. The van der Waals surface area contributed by atoms with Gasteiger partial charge in [0.2, 0.25) is 0 Å². The summed E-state index contributed by atoms with van der Waals surface area (Å²) in [6, 6.07) is 7.82. The van der Waals surface area contributed by atoms with Crippen molar-refractivity contribution in [2.24, 2.45) is 0 Å². The second-order valence-corrected chi connectivity index (χ2v) is 5.40. The van der Waals surface area contributed by atoms with Crippen molar-refractivity contribution in [1.29, 1.82) is 0 Å². The molecule has 0 spiro atoms. The third kappa shape index (κ3) is 3.90. The van der Waals surface area contributed by atoms with Crippen LogP contribution in [-0.2, 0) is 17.9 Å². The second-order valence-electron chi connectivity index (χ2n) is 5.40. The number of aryl methyl sites for hydroxylation is 1. The van der Waals surface area contributed by atoms with Gasteiger partial charge in [-0.3, -0.25) is 10.0 Å². The first kappa shape index (κ1) is 16.8. The number of fused-ring (bicyclic) bond motifs is 1. The van der Waals surface area contributed by atoms with Gasteiger partial charge in [0.15, 0.2) is 0 Å². The zero-order valence-corrected chi connectivity index (χ0v) is 13.4. The Kier molecular flexibility index (Phi) is 5.17. The summed E-state index contributed by atoms with van der Waals surface area (Å²) >= 11 is 0. The largest absolute Gasteiger partial charge is 0.396 e. The lowest BCUT2D eigenvalue weighted by Crippen LogP contribution is -2.14. The van der Waals surface area contributed by atoms with Crippen molar-refractivity contribution in [3.63, 3.8) is 0 Å². The smallest absolute Gasteiger partial charge is 0.267 e. The van der Waals surface area contributed by atoms with E-state index < -0.39 is 5.91 Å². The third-order valence-electron chi connectivity index (χ3n) is 3.65. The Balaban J connectivity index is 1.84. The first-order chi connectivity index (χ1) is 12.2. The number of nitrogens with zero attached hydrogens (tertiary/aromatic N) is 5. The number of aromatic nitrogens is 5. The van der Waals surface area contributed by atoms with Gasteiger partial charge in [0.05, 0.1) is 17.2 Å². The van der Waals surface area contributed by atoms with Crippen LogP contribution in [0.1, 0.15) is 17.9 Å². The Morgan fingerprint density at radius 1 is 1.32 bits per heavy atom. The van der Waals surface area contributed by atoms with Crippen molar-refractivity contribution in [3.05, 3.63) is 48.1 Å². The summed E-state index contributed by atoms with van der Waals surface area (Å²) in [7, 11) is 0. The fourth-order valence-electron chi connectivity index (χ4n) is 2.53. The number of aliphatic hydroxyl groups is 1. The van der Waals surface area contributed by atoms with Gasteiger partial charge in [-0.15, -0.1) is 5.10 Å². The molecule has 9 heteroatoms. The van der Waals surface area contributed by atoms with Gasteiger partial charge in [0.25, 0.3) is 5.91 Å². The van der Waals surface area contributed by atoms with E-state index in [1.165, 1.54) is 11.6 Å². The standard InChI is InChI=1S/C16H18N6O3/c23-9-3-8-22-14-5-2-1-4-13(14)17-15(22)11-21-10-12(18-20-21)6-7-16(24)19-25/h1-2,4-7,10,23,25H,3,8-9,11H2,(H,19,24). The molecule has 3 rings (SSSR count). The van der Waals surface area contributed by atoms with Crippen molar-refractivity contribution in [2.75, 3.05) is 6.61 Å². The topological polar surface area (TPSA) is 118 Å². The number of carbonyl (C=O) groups is 1. The summed E-state index contributed by atoms with van der Waals surface area (Å²) in [5.74, 6) is 0.170. The van der Waals surface area contributed by atoms with Gasteiger partial charge in [-0.2, -0.15) is 0 Å². The van der Waals surface area contributed by atoms with E-state index in [4.69, 9.17) is 10.3 Å². The Hall–Kier alpha value is -3.04. The van der Waals surface area contributed by atoms with Crippen LogP contribution in [0.3, 0.4) is 0 Å². The number of hydrogen-bond donors (Lipinski definition) is 3. The second kappa shape index (κ2) is 7.69. The van der Waals surface area contributed by atoms with Crippen LogP contribution in [0.5, 0.6) is 0 Å². The highest BCUT2D eigenvalue weighted by Gasteiger charge is 2.11. The molecule has 0 aliphatic carbocycles. The summed E-state index contributed by atoms with van der Waals surface area (Å²) < 4.78 is 3.68. The Labute approximate surface area is 143 Å². The molecule has 0 unspecified atom stereocenters. The Morgan fingerprint density at radius 3 is 2.96 bits per heavy atom. The molecule has 130 valence electrons. The van der Waals surface area contributed by atoms with E-state index in [0.29, 0.717) is 25.2 Å². The van der Waals surface area contributed by atoms with Gasteiger partial charge >= 0.3 is 0 Å². The predicted octanol–water partition coefficient (Wildman–Crippen LogP) is 0.577. The van der Waals surface area contributed by atoms with Crippen LogP contribution in [0, 0.1) is 0 Å². The number of nitrogens with one attached hydrogen (secondary N) is 1. The molecule has 0 radical (unpaired) electrons. The van der Waals surface area contributed by atoms with E-state index in [9.17, 15) is 4.79 Å². The number of imidazole rings is 1. The van der Waals surface area contributed by atoms with E-state index in [1.807, 2.05) is 24.3 Å². The molecule has 2 aromatic heterocycles. The van der Waals surface area contributed by atoms with Crippen molar-refractivity contribution in [3.8, 4) is 0 Å². The van der Waals surface area contributed by atoms with E-state index in [2.05, 4.69) is 19.9 Å². The highest BCUT2D eigenvalue weighted by molar-refractivity contribution is 5.90. The molecule has 0 saturated heterocycles. The number of hydrogen-bond acceptors (Lipinski definition) is 6. The number of para-hydroxylation sites is 2. The van der Waals surface area contributed by atoms with Crippen LogP contribution in [-0.4, -0.2) is 47.4 Å². The number of amides is 1. The number of hydroxylamine groups is 1. The first-order valence-corrected chi connectivity index (χ1v) is 7.78. The van der Waals surface area contributed by atoms with Gasteiger partial charge in [0.1, 0.15) is 18.1 Å². The van der Waals surface area contributed by atoms with Crippen LogP contribution in [0.15, 0.2) is 36.5 Å². The van der Waals surface area contributed by atoms with Gasteiger partial charge in [-0.25, -0.2) is 15.1 Å². The van der Waals surface area contributed by atoms with Crippen LogP contribution < -0.4 is 5.48 Å². The van der Waals surface area contributed by atoms with E-state index in [-0.39, 0.29) is 6.61 Å². The number of carbonyl (C=O) groups excluding carboxylic acids is 1. The average Bonchev–Trinajstić information content (AvgIpc) is 3.22. The van der Waals surface area contributed by atoms with Crippen LogP contribution in [0.25, 0.3) is 17.1 Å². The maximum absolute atomic E-state index is 11.0. The van der Waals surface area contributed by atoms with Crippen LogP contribution >= 0.6 is 0 Å². The Morgan fingerprint density at radius 2 is 2.16 bits per heavy atom. The van der Waals surface area contributed by atoms with Crippen molar-refractivity contribution < 1.29 is 15.1 Å². The number of benzene rings is 1. The highest BCUT2D eigenvalue weighted by atomic mass is 16.5. The predicted molar refractivity (Wildman–Crippen MR) is 89.5 cm³/mol. The lowest BCUT2D eigenvalue weighted by Gasteiger charge is -2.08. The van der Waals surface area contributed by atoms with Gasteiger partial charge in [0, 0.05) is 19.2 Å². The molecule has 0 fully saturated rings. The molecular formula is C16H18N6O3. The SMILES string of the molecule is O=C(C=Cc1cn(Cc2nc3ccccc3n2CCCO)nn1)NO. The maximum Gasteiger partial charge on any atom is 0.267 e. The molecule has 9 nitrogen and oxygen atoms in total. The molecule has 3 aromatic rings. The van der Waals surface area contributed by atoms with Crippen LogP contribution in [0.4, 0.5) is 0 Å². The lowest BCUT2D eigenvalue weighted by molar-refractivity contribution is -0.124.